The van der Waals surface area contributed by atoms with E-state index in [1.54, 1.807) is 31.1 Å². The Morgan fingerprint density at radius 2 is 2.04 bits per heavy atom. The molecular weight excluding hydrogens is 347 g/mol. The van der Waals surface area contributed by atoms with Crippen LogP contribution in [0.3, 0.4) is 0 Å². The van der Waals surface area contributed by atoms with Crippen LogP contribution in [-0.4, -0.2) is 36.2 Å². The molecule has 140 valence electrons. The van der Waals surface area contributed by atoms with Gasteiger partial charge < -0.3 is 14.5 Å². The fraction of sp³-hybridized carbons (Fsp3) is 0.286. The lowest BCUT2D eigenvalue weighted by atomic mass is 9.92. The van der Waals surface area contributed by atoms with Crippen LogP contribution in [0, 0.1) is 5.82 Å². The first-order valence-electron chi connectivity index (χ1n) is 8.99. The highest BCUT2D eigenvalue weighted by Gasteiger charge is 2.35. The maximum Gasteiger partial charge on any atom is 0.410 e. The predicted molar refractivity (Wildman–Crippen MR) is 101 cm³/mol. The van der Waals surface area contributed by atoms with Crippen molar-refractivity contribution >= 4 is 17.0 Å². The number of carbonyl (C=O) groups excluding carboxylic acids is 1. The highest BCUT2D eigenvalue weighted by atomic mass is 19.1. The normalized spacial score (nSPS) is 16.3. The minimum Gasteiger partial charge on any atom is -0.497 e. The maximum atomic E-state index is 13.8. The van der Waals surface area contributed by atoms with Gasteiger partial charge in [-0.25, -0.2) is 9.18 Å². The van der Waals surface area contributed by atoms with Gasteiger partial charge in [0.05, 0.1) is 13.7 Å². The summed E-state index contributed by atoms with van der Waals surface area (Å²) in [6.07, 6.45) is 0.290. The van der Waals surface area contributed by atoms with Gasteiger partial charge in [-0.1, -0.05) is 12.1 Å². The Kier molecular flexibility index (Phi) is 4.48. The molecule has 5 nitrogen and oxygen atoms in total. The van der Waals surface area contributed by atoms with Crippen molar-refractivity contribution in [2.75, 3.05) is 20.3 Å². The van der Waals surface area contributed by atoms with Crippen molar-refractivity contribution < 1.29 is 18.7 Å². The Morgan fingerprint density at radius 3 is 2.74 bits per heavy atom. The molecular formula is C21H21FN2O3. The molecule has 0 spiro atoms. The first-order valence-corrected chi connectivity index (χ1v) is 8.99. The van der Waals surface area contributed by atoms with Gasteiger partial charge in [-0.15, -0.1) is 0 Å². The van der Waals surface area contributed by atoms with E-state index in [2.05, 4.69) is 4.98 Å². The number of ether oxygens (including phenoxy) is 2. The molecule has 0 aliphatic carbocycles. The smallest absolute Gasteiger partial charge is 0.410 e. The molecule has 3 aromatic rings. The molecule has 1 amide bonds. The van der Waals surface area contributed by atoms with Crippen LogP contribution in [0.15, 0.2) is 42.5 Å². The minimum absolute atomic E-state index is 0.266. The van der Waals surface area contributed by atoms with E-state index in [-0.39, 0.29) is 18.0 Å². The van der Waals surface area contributed by atoms with Crippen LogP contribution in [0.1, 0.15) is 29.8 Å². The number of fused-ring (bicyclic) bond motifs is 3. The van der Waals surface area contributed by atoms with Crippen molar-refractivity contribution in [1.82, 2.24) is 9.88 Å². The topological polar surface area (TPSA) is 54.6 Å². The van der Waals surface area contributed by atoms with Gasteiger partial charge in [0, 0.05) is 23.1 Å². The van der Waals surface area contributed by atoms with Crippen LogP contribution in [0.5, 0.6) is 5.75 Å². The van der Waals surface area contributed by atoms with Gasteiger partial charge >= 0.3 is 6.09 Å². The van der Waals surface area contributed by atoms with Crippen LogP contribution in [0.25, 0.3) is 10.9 Å². The monoisotopic (exact) mass is 368 g/mol. The van der Waals surface area contributed by atoms with Crippen molar-refractivity contribution in [3.05, 3.63) is 65.1 Å². The molecule has 0 radical (unpaired) electrons. The molecule has 27 heavy (non-hydrogen) atoms. The second kappa shape index (κ2) is 6.95. The van der Waals surface area contributed by atoms with E-state index in [0.717, 1.165) is 33.5 Å². The summed E-state index contributed by atoms with van der Waals surface area (Å²) in [6, 6.07) is 12.0. The first-order chi connectivity index (χ1) is 13.1. The van der Waals surface area contributed by atoms with Crippen molar-refractivity contribution in [1.29, 1.82) is 0 Å². The van der Waals surface area contributed by atoms with Gasteiger partial charge in [-0.3, -0.25) is 4.90 Å². The van der Waals surface area contributed by atoms with Crippen LogP contribution >= 0.6 is 0 Å². The summed E-state index contributed by atoms with van der Waals surface area (Å²) in [5, 5.41) is 0.868. The van der Waals surface area contributed by atoms with Gasteiger partial charge in [0.1, 0.15) is 17.6 Å². The molecule has 0 fully saturated rings. The van der Waals surface area contributed by atoms with Crippen molar-refractivity contribution in [2.24, 2.45) is 0 Å². The van der Waals surface area contributed by atoms with E-state index in [9.17, 15) is 9.18 Å². The number of benzene rings is 2. The molecule has 1 unspecified atom stereocenters. The van der Waals surface area contributed by atoms with Gasteiger partial charge in [-0.2, -0.15) is 0 Å². The molecule has 2 aromatic carbocycles. The second-order valence-corrected chi connectivity index (χ2v) is 6.53. The van der Waals surface area contributed by atoms with Crippen molar-refractivity contribution in [3.63, 3.8) is 0 Å². The van der Waals surface area contributed by atoms with Crippen LogP contribution in [0.2, 0.25) is 0 Å². The molecule has 0 saturated heterocycles. The number of rotatable bonds is 3. The standard InChI is InChI=1S/C21H21FN2O3/c1-3-27-21(25)24-11-10-16-17-12-14(22)6-9-18(17)23-19(16)20(24)13-4-7-15(26-2)8-5-13/h4-9,12,20,23H,3,10-11H2,1-2H3. The van der Waals surface area contributed by atoms with Gasteiger partial charge in [0.15, 0.2) is 0 Å². The lowest BCUT2D eigenvalue weighted by molar-refractivity contribution is 0.0932. The lowest BCUT2D eigenvalue weighted by Gasteiger charge is -2.35. The Labute approximate surface area is 156 Å². The number of carbonyl (C=O) groups is 1. The number of aromatic amines is 1. The number of nitrogens with zero attached hydrogens (tertiary/aromatic N) is 1. The third kappa shape index (κ3) is 3.01. The molecule has 4 rings (SSSR count). The highest BCUT2D eigenvalue weighted by Crippen LogP contribution is 2.39. The molecule has 1 N–H and O–H groups in total. The fourth-order valence-corrected chi connectivity index (χ4v) is 3.80. The van der Waals surface area contributed by atoms with E-state index in [1.165, 1.54) is 6.07 Å². The molecule has 0 saturated carbocycles. The number of nitrogens with one attached hydrogen (secondary N) is 1. The van der Waals surface area contributed by atoms with Crippen LogP contribution < -0.4 is 4.74 Å². The zero-order valence-corrected chi connectivity index (χ0v) is 15.3. The Balaban J connectivity index is 1.86. The molecule has 1 aromatic heterocycles. The van der Waals surface area contributed by atoms with E-state index in [1.807, 2.05) is 24.3 Å². The average Bonchev–Trinajstić information content (AvgIpc) is 3.05. The summed E-state index contributed by atoms with van der Waals surface area (Å²) in [6.45, 7) is 2.61. The molecule has 1 atom stereocenters. The quantitative estimate of drug-likeness (QED) is 0.745. The number of methoxy groups -OCH3 is 1. The predicted octanol–water partition coefficient (Wildman–Crippen LogP) is 4.42. The zero-order chi connectivity index (χ0) is 19.0. The maximum absolute atomic E-state index is 13.8. The van der Waals surface area contributed by atoms with Crippen molar-refractivity contribution in [2.45, 2.75) is 19.4 Å². The lowest BCUT2D eigenvalue weighted by Crippen LogP contribution is -2.40. The summed E-state index contributed by atoms with van der Waals surface area (Å²) in [5.74, 6) is 0.481. The van der Waals surface area contributed by atoms with E-state index in [0.29, 0.717) is 19.6 Å². The molecule has 6 heteroatoms. The number of aromatic nitrogens is 1. The molecule has 0 bridgehead atoms. The Hall–Kier alpha value is -3.02. The van der Waals surface area contributed by atoms with Gasteiger partial charge in [0.2, 0.25) is 0 Å². The summed E-state index contributed by atoms with van der Waals surface area (Å²) in [4.78, 5) is 17.7. The zero-order valence-electron chi connectivity index (χ0n) is 15.3. The minimum atomic E-state index is -0.353. The summed E-state index contributed by atoms with van der Waals surface area (Å²) in [7, 11) is 1.62. The third-order valence-electron chi connectivity index (χ3n) is 5.02. The highest BCUT2D eigenvalue weighted by molar-refractivity contribution is 5.86. The largest absolute Gasteiger partial charge is 0.497 e. The summed E-state index contributed by atoms with van der Waals surface area (Å²) in [5.41, 5.74) is 3.76. The number of hydrogen-bond acceptors (Lipinski definition) is 3. The van der Waals surface area contributed by atoms with E-state index >= 15 is 0 Å². The Morgan fingerprint density at radius 1 is 1.26 bits per heavy atom. The van der Waals surface area contributed by atoms with E-state index < -0.39 is 0 Å². The molecule has 1 aliphatic heterocycles. The second-order valence-electron chi connectivity index (χ2n) is 6.53. The number of amides is 1. The van der Waals surface area contributed by atoms with Crippen molar-refractivity contribution in [3.8, 4) is 5.75 Å². The summed E-state index contributed by atoms with van der Waals surface area (Å²) >= 11 is 0. The molecule has 1 aliphatic rings. The fourth-order valence-electron chi connectivity index (χ4n) is 3.80. The number of halogens is 1. The first kappa shape index (κ1) is 17.4. The van der Waals surface area contributed by atoms with Gasteiger partial charge in [-0.05, 0) is 54.8 Å². The number of hydrogen-bond donors (Lipinski definition) is 1. The number of H-pyrrole nitrogens is 1. The average molecular weight is 368 g/mol. The summed E-state index contributed by atoms with van der Waals surface area (Å²) < 4.78 is 24.3. The SMILES string of the molecule is CCOC(=O)N1CCc2c([nH]c3ccc(F)cc23)C1c1ccc(OC)cc1. The van der Waals surface area contributed by atoms with E-state index in [4.69, 9.17) is 9.47 Å². The molecule has 2 heterocycles. The van der Waals surface area contributed by atoms with Crippen LogP contribution in [-0.2, 0) is 11.2 Å². The third-order valence-corrected chi connectivity index (χ3v) is 5.02. The van der Waals surface area contributed by atoms with Gasteiger partial charge in [0.25, 0.3) is 0 Å². The van der Waals surface area contributed by atoms with Crippen LogP contribution in [0.4, 0.5) is 9.18 Å². The Bertz CT molecular complexity index is 981.